The predicted molar refractivity (Wildman–Crippen MR) is 75.9 cm³/mol. The maximum absolute atomic E-state index is 13.7. The van der Waals surface area contributed by atoms with E-state index in [2.05, 4.69) is 26.2 Å². The van der Waals surface area contributed by atoms with Crippen molar-refractivity contribution in [3.05, 3.63) is 52.4 Å². The number of benzene rings is 1. The molecule has 0 saturated carbocycles. The summed E-state index contributed by atoms with van der Waals surface area (Å²) in [4.78, 5) is 4.00. The zero-order valence-electron chi connectivity index (χ0n) is 9.62. The van der Waals surface area contributed by atoms with Gasteiger partial charge in [0.1, 0.15) is 0 Å². The van der Waals surface area contributed by atoms with Crippen molar-refractivity contribution in [2.45, 2.75) is 12.3 Å². The summed E-state index contributed by atoms with van der Waals surface area (Å²) in [7, 11) is 0. The topological polar surface area (TPSA) is 24.9 Å². The molecule has 0 saturated heterocycles. The van der Waals surface area contributed by atoms with Crippen molar-refractivity contribution in [1.82, 2.24) is 4.98 Å². The number of para-hydroxylation sites is 1. The Bertz CT molecular complexity index is 560. The Kier molecular flexibility index (Phi) is 4.19. The van der Waals surface area contributed by atoms with E-state index in [1.54, 1.807) is 0 Å². The van der Waals surface area contributed by atoms with Crippen LogP contribution in [-0.2, 0) is 0 Å². The summed E-state index contributed by atoms with van der Waals surface area (Å²) < 4.78 is 14.3. The van der Waals surface area contributed by atoms with E-state index >= 15 is 0 Å². The summed E-state index contributed by atoms with van der Waals surface area (Å²) in [6.45, 7) is 1.87. The predicted octanol–water partition coefficient (Wildman–Crippen LogP) is 5.03. The van der Waals surface area contributed by atoms with Crippen molar-refractivity contribution >= 4 is 39.0 Å². The minimum absolute atomic E-state index is 0.160. The molecule has 0 bridgehead atoms. The zero-order valence-corrected chi connectivity index (χ0v) is 12.0. The van der Waals surface area contributed by atoms with Crippen LogP contribution in [0.25, 0.3) is 0 Å². The number of hydrogen-bond donors (Lipinski definition) is 1. The molecule has 2 nitrogen and oxygen atoms in total. The third-order valence-corrected chi connectivity index (χ3v) is 3.12. The lowest BCUT2D eigenvalue weighted by Gasteiger charge is -2.13. The number of aromatic nitrogens is 1. The number of halogens is 3. The highest BCUT2D eigenvalue weighted by molar-refractivity contribution is 9.10. The van der Waals surface area contributed by atoms with E-state index in [0.717, 1.165) is 11.3 Å². The lowest BCUT2D eigenvalue weighted by atomic mass is 10.1. The minimum Gasteiger partial charge on any atom is -0.338 e. The van der Waals surface area contributed by atoms with Gasteiger partial charge in [-0.2, -0.15) is 0 Å². The number of hydrogen-bond acceptors (Lipinski definition) is 2. The molecule has 1 aromatic heterocycles. The van der Waals surface area contributed by atoms with E-state index in [1.807, 2.05) is 31.2 Å². The van der Waals surface area contributed by atoms with Crippen LogP contribution in [0.4, 0.5) is 15.9 Å². The zero-order chi connectivity index (χ0) is 13.1. The van der Waals surface area contributed by atoms with Gasteiger partial charge < -0.3 is 5.32 Å². The second kappa shape index (κ2) is 5.67. The van der Waals surface area contributed by atoms with Crippen LogP contribution in [0.2, 0.25) is 0 Å². The molecule has 0 fully saturated rings. The van der Waals surface area contributed by atoms with Crippen molar-refractivity contribution in [2.24, 2.45) is 0 Å². The van der Waals surface area contributed by atoms with Crippen LogP contribution in [0.3, 0.4) is 0 Å². The number of rotatable bonds is 3. The second-order valence-electron chi connectivity index (χ2n) is 3.81. The molecule has 0 amide bonds. The average Bonchev–Trinajstić information content (AvgIpc) is 2.33. The Morgan fingerprint density at radius 1 is 1.39 bits per heavy atom. The van der Waals surface area contributed by atoms with E-state index in [9.17, 15) is 4.39 Å². The molecule has 2 rings (SSSR count). The molecule has 1 atom stereocenters. The van der Waals surface area contributed by atoms with Gasteiger partial charge in [0.25, 0.3) is 0 Å². The quantitative estimate of drug-likeness (QED) is 0.799. The summed E-state index contributed by atoms with van der Waals surface area (Å²) in [5, 5.41) is 2.80. The van der Waals surface area contributed by atoms with Crippen LogP contribution in [-0.4, -0.2) is 4.98 Å². The first-order chi connectivity index (χ1) is 8.58. The second-order valence-corrected chi connectivity index (χ2v) is 5.38. The van der Waals surface area contributed by atoms with Gasteiger partial charge in [-0.05, 0) is 40.5 Å². The Balaban J connectivity index is 2.34. The first-order valence-corrected chi connectivity index (χ1v) is 6.62. The number of nitrogens with zero attached hydrogens (tertiary/aromatic N) is 1. The van der Waals surface area contributed by atoms with Gasteiger partial charge in [-0.3, -0.25) is 0 Å². The summed E-state index contributed by atoms with van der Waals surface area (Å²) >= 11 is 9.25. The van der Waals surface area contributed by atoms with Crippen LogP contribution in [0.5, 0.6) is 0 Å². The molecule has 0 spiro atoms. The summed E-state index contributed by atoms with van der Waals surface area (Å²) in [5.41, 5.74) is 1.66. The summed E-state index contributed by atoms with van der Waals surface area (Å²) in [6.07, 6.45) is 1.54. The third kappa shape index (κ3) is 3.00. The molecule has 94 valence electrons. The Morgan fingerprint density at radius 3 is 2.78 bits per heavy atom. The van der Waals surface area contributed by atoms with Gasteiger partial charge in [0.15, 0.2) is 11.6 Å². The number of anilines is 2. The molecule has 0 aliphatic heterocycles. The third-order valence-electron chi connectivity index (χ3n) is 2.45. The van der Waals surface area contributed by atoms with Crippen LogP contribution in [0.1, 0.15) is 17.9 Å². The van der Waals surface area contributed by atoms with Crippen LogP contribution >= 0.6 is 27.5 Å². The normalized spacial score (nSPS) is 12.2. The van der Waals surface area contributed by atoms with Gasteiger partial charge in [0.2, 0.25) is 0 Å². The lowest BCUT2D eigenvalue weighted by molar-refractivity contribution is 0.625. The van der Waals surface area contributed by atoms with Crippen LogP contribution in [0.15, 0.2) is 41.0 Å². The van der Waals surface area contributed by atoms with E-state index in [-0.39, 0.29) is 11.2 Å². The first kappa shape index (κ1) is 13.3. The number of nitrogens with one attached hydrogen (secondary N) is 1. The molecule has 0 radical (unpaired) electrons. The van der Waals surface area contributed by atoms with Crippen molar-refractivity contribution in [3.8, 4) is 0 Å². The van der Waals surface area contributed by atoms with Gasteiger partial charge in [0.05, 0.1) is 5.38 Å². The molecule has 1 N–H and O–H groups in total. The molecular formula is C13H11BrClFN2. The Hall–Kier alpha value is -1.13. The fraction of sp³-hybridized carbons (Fsp3) is 0.154. The first-order valence-electron chi connectivity index (χ1n) is 5.39. The SMILES string of the molecule is CC(Cl)c1ccccc1Nc1ncc(Br)cc1F. The maximum Gasteiger partial charge on any atom is 0.166 e. The van der Waals surface area contributed by atoms with Crippen molar-refractivity contribution in [1.29, 1.82) is 0 Å². The van der Waals surface area contributed by atoms with E-state index in [0.29, 0.717) is 4.47 Å². The van der Waals surface area contributed by atoms with Crippen LogP contribution < -0.4 is 5.32 Å². The molecule has 2 aromatic rings. The molecule has 1 unspecified atom stereocenters. The fourth-order valence-corrected chi connectivity index (χ4v) is 2.09. The maximum atomic E-state index is 13.7. The highest BCUT2D eigenvalue weighted by atomic mass is 79.9. The van der Waals surface area contributed by atoms with Gasteiger partial charge in [0, 0.05) is 16.4 Å². The van der Waals surface area contributed by atoms with Crippen molar-refractivity contribution in [3.63, 3.8) is 0 Å². The Morgan fingerprint density at radius 2 is 2.11 bits per heavy atom. The van der Waals surface area contributed by atoms with Gasteiger partial charge in [-0.15, -0.1) is 11.6 Å². The number of pyridine rings is 1. The Labute approximate surface area is 118 Å². The van der Waals surface area contributed by atoms with Gasteiger partial charge >= 0.3 is 0 Å². The van der Waals surface area contributed by atoms with E-state index in [4.69, 9.17) is 11.6 Å². The van der Waals surface area contributed by atoms with Crippen molar-refractivity contribution < 1.29 is 4.39 Å². The van der Waals surface area contributed by atoms with E-state index < -0.39 is 5.82 Å². The highest BCUT2D eigenvalue weighted by Gasteiger charge is 2.10. The highest BCUT2D eigenvalue weighted by Crippen LogP contribution is 2.29. The largest absolute Gasteiger partial charge is 0.338 e. The summed E-state index contributed by atoms with van der Waals surface area (Å²) in [6, 6.07) is 8.86. The molecule has 1 heterocycles. The fourth-order valence-electron chi connectivity index (χ4n) is 1.59. The van der Waals surface area contributed by atoms with E-state index in [1.165, 1.54) is 12.3 Å². The summed E-state index contributed by atoms with van der Waals surface area (Å²) in [5.74, 6) is -0.232. The lowest BCUT2D eigenvalue weighted by Crippen LogP contribution is -2.00. The van der Waals surface area contributed by atoms with Gasteiger partial charge in [-0.25, -0.2) is 9.37 Å². The minimum atomic E-state index is -0.415. The van der Waals surface area contributed by atoms with Gasteiger partial charge in [-0.1, -0.05) is 18.2 Å². The monoisotopic (exact) mass is 328 g/mol. The molecule has 5 heteroatoms. The molecular weight excluding hydrogens is 319 g/mol. The average molecular weight is 330 g/mol. The molecule has 0 aliphatic carbocycles. The standard InChI is InChI=1S/C13H11BrClFN2/c1-8(15)10-4-2-3-5-12(10)18-13-11(16)6-9(14)7-17-13/h2-8H,1H3,(H,17,18). The molecule has 1 aromatic carbocycles. The smallest absolute Gasteiger partial charge is 0.166 e. The van der Waals surface area contributed by atoms with Crippen LogP contribution in [0, 0.1) is 5.82 Å². The van der Waals surface area contributed by atoms with Crippen molar-refractivity contribution in [2.75, 3.05) is 5.32 Å². The molecule has 18 heavy (non-hydrogen) atoms. The molecule has 0 aliphatic rings. The number of alkyl halides is 1.